The molecular weight excluding hydrogens is 136 g/mol. The number of hydrogen-bond acceptors (Lipinski definition) is 1. The SMILES string of the molecule is CCCCCn1[c]cnc1C. The summed E-state index contributed by atoms with van der Waals surface area (Å²) in [7, 11) is 0. The second-order valence-electron chi connectivity index (χ2n) is 2.79. The molecule has 1 aromatic rings. The average molecular weight is 151 g/mol. The molecule has 2 heteroatoms. The van der Waals surface area contributed by atoms with Crippen LogP contribution in [0.25, 0.3) is 0 Å². The van der Waals surface area contributed by atoms with E-state index < -0.39 is 0 Å². The van der Waals surface area contributed by atoms with E-state index in [0.29, 0.717) is 0 Å². The zero-order chi connectivity index (χ0) is 8.10. The Hall–Kier alpha value is -0.790. The highest BCUT2D eigenvalue weighted by Crippen LogP contribution is 2.00. The number of hydrogen-bond donors (Lipinski definition) is 0. The minimum atomic E-state index is 1.07. The summed E-state index contributed by atoms with van der Waals surface area (Å²) in [5.41, 5.74) is 0. The Morgan fingerprint density at radius 3 is 2.91 bits per heavy atom. The van der Waals surface area contributed by atoms with Gasteiger partial charge in [-0.3, -0.25) is 0 Å². The monoisotopic (exact) mass is 151 g/mol. The van der Waals surface area contributed by atoms with E-state index in [-0.39, 0.29) is 0 Å². The molecule has 1 aromatic heterocycles. The van der Waals surface area contributed by atoms with Gasteiger partial charge in [-0.05, 0) is 13.3 Å². The lowest BCUT2D eigenvalue weighted by molar-refractivity contribution is 0.588. The minimum Gasteiger partial charge on any atom is -0.327 e. The molecule has 0 aliphatic carbocycles. The second kappa shape index (κ2) is 4.16. The Morgan fingerprint density at radius 2 is 2.36 bits per heavy atom. The van der Waals surface area contributed by atoms with Crippen molar-refractivity contribution in [3.05, 3.63) is 18.2 Å². The third-order valence-electron chi connectivity index (χ3n) is 1.84. The summed E-state index contributed by atoms with van der Waals surface area (Å²) >= 11 is 0. The van der Waals surface area contributed by atoms with Crippen LogP contribution in [0.3, 0.4) is 0 Å². The maximum absolute atomic E-state index is 4.10. The van der Waals surface area contributed by atoms with Gasteiger partial charge in [0.2, 0.25) is 0 Å². The van der Waals surface area contributed by atoms with Crippen LogP contribution in [-0.4, -0.2) is 9.55 Å². The van der Waals surface area contributed by atoms with Crippen LogP contribution in [-0.2, 0) is 6.54 Å². The molecule has 0 atom stereocenters. The fourth-order valence-corrected chi connectivity index (χ4v) is 1.10. The van der Waals surface area contributed by atoms with Crippen LogP contribution in [0.4, 0.5) is 0 Å². The normalized spacial score (nSPS) is 10.4. The summed E-state index contributed by atoms with van der Waals surface area (Å²) in [5, 5.41) is 0. The molecule has 1 radical (unpaired) electrons. The molecule has 11 heavy (non-hydrogen) atoms. The van der Waals surface area contributed by atoms with E-state index in [4.69, 9.17) is 0 Å². The molecule has 0 aliphatic rings. The van der Waals surface area contributed by atoms with Crippen LogP contribution in [0, 0.1) is 13.1 Å². The van der Waals surface area contributed by atoms with Gasteiger partial charge in [-0.2, -0.15) is 0 Å². The van der Waals surface area contributed by atoms with E-state index in [1.165, 1.54) is 19.3 Å². The van der Waals surface area contributed by atoms with Crippen LogP contribution in [0.5, 0.6) is 0 Å². The van der Waals surface area contributed by atoms with Crippen molar-refractivity contribution in [2.75, 3.05) is 0 Å². The average Bonchev–Trinajstić information content (AvgIpc) is 2.37. The molecule has 0 aliphatic heterocycles. The Kier molecular flexibility index (Phi) is 3.14. The van der Waals surface area contributed by atoms with Crippen LogP contribution in [0.1, 0.15) is 32.0 Å². The van der Waals surface area contributed by atoms with Gasteiger partial charge in [-0.15, -0.1) is 0 Å². The van der Waals surface area contributed by atoms with Gasteiger partial charge in [0.15, 0.2) is 0 Å². The predicted molar refractivity (Wildman–Crippen MR) is 45.3 cm³/mol. The van der Waals surface area contributed by atoms with E-state index in [1.807, 2.05) is 6.92 Å². The zero-order valence-corrected chi connectivity index (χ0v) is 7.30. The molecule has 0 bridgehead atoms. The number of rotatable bonds is 4. The van der Waals surface area contributed by atoms with Gasteiger partial charge in [-0.1, -0.05) is 19.8 Å². The molecular formula is C9H15N2. The van der Waals surface area contributed by atoms with E-state index in [1.54, 1.807) is 6.20 Å². The van der Waals surface area contributed by atoms with Crippen molar-refractivity contribution in [1.29, 1.82) is 0 Å². The van der Waals surface area contributed by atoms with Crippen molar-refractivity contribution in [1.82, 2.24) is 9.55 Å². The Balaban J connectivity index is 2.32. The highest BCUT2D eigenvalue weighted by molar-refractivity contribution is 4.86. The standard InChI is InChI=1S/C9H15N2/c1-3-4-5-7-11-8-6-10-9(11)2/h6H,3-5,7H2,1-2H3. The maximum atomic E-state index is 4.10. The Labute approximate surface area is 68.3 Å². The predicted octanol–water partition coefficient (Wildman–Crippen LogP) is 2.18. The smallest absolute Gasteiger partial charge is 0.106 e. The minimum absolute atomic E-state index is 1.07. The fraction of sp³-hybridized carbons (Fsp3) is 0.667. The van der Waals surface area contributed by atoms with Gasteiger partial charge >= 0.3 is 0 Å². The quantitative estimate of drug-likeness (QED) is 0.603. The molecule has 61 valence electrons. The first-order valence-electron chi connectivity index (χ1n) is 4.24. The topological polar surface area (TPSA) is 17.8 Å². The summed E-state index contributed by atoms with van der Waals surface area (Å²) in [4.78, 5) is 4.10. The summed E-state index contributed by atoms with van der Waals surface area (Å²) in [6.45, 7) is 5.30. The van der Waals surface area contributed by atoms with Crippen LogP contribution < -0.4 is 0 Å². The largest absolute Gasteiger partial charge is 0.327 e. The molecule has 0 unspecified atom stereocenters. The van der Waals surface area contributed by atoms with E-state index in [9.17, 15) is 0 Å². The second-order valence-corrected chi connectivity index (χ2v) is 2.79. The summed E-state index contributed by atoms with van der Waals surface area (Å²) in [6.07, 6.45) is 8.62. The first kappa shape index (κ1) is 8.31. The number of unbranched alkanes of at least 4 members (excludes halogenated alkanes) is 2. The fourth-order valence-electron chi connectivity index (χ4n) is 1.10. The van der Waals surface area contributed by atoms with Gasteiger partial charge in [-0.25, -0.2) is 4.98 Å². The maximum Gasteiger partial charge on any atom is 0.106 e. The van der Waals surface area contributed by atoms with E-state index >= 15 is 0 Å². The van der Waals surface area contributed by atoms with Crippen LogP contribution >= 0.6 is 0 Å². The number of imidazole rings is 1. The third kappa shape index (κ3) is 2.37. The van der Waals surface area contributed by atoms with E-state index in [2.05, 4.69) is 22.7 Å². The highest BCUT2D eigenvalue weighted by atomic mass is 15.0. The third-order valence-corrected chi connectivity index (χ3v) is 1.84. The summed E-state index contributed by atoms with van der Waals surface area (Å²) in [5.74, 6) is 1.07. The molecule has 0 amide bonds. The van der Waals surface area contributed by atoms with Gasteiger partial charge in [0.1, 0.15) is 5.82 Å². The van der Waals surface area contributed by atoms with Gasteiger partial charge < -0.3 is 4.57 Å². The van der Waals surface area contributed by atoms with Gasteiger partial charge in [0.25, 0.3) is 0 Å². The van der Waals surface area contributed by atoms with Crippen LogP contribution in [0.2, 0.25) is 0 Å². The van der Waals surface area contributed by atoms with E-state index in [0.717, 1.165) is 12.4 Å². The lowest BCUT2D eigenvalue weighted by atomic mass is 10.2. The van der Waals surface area contributed by atoms with Gasteiger partial charge in [0, 0.05) is 6.54 Å². The molecule has 1 rings (SSSR count). The summed E-state index contributed by atoms with van der Waals surface area (Å²) < 4.78 is 2.08. The highest BCUT2D eigenvalue weighted by Gasteiger charge is 1.94. The molecule has 0 fully saturated rings. The van der Waals surface area contributed by atoms with Gasteiger partial charge in [0.05, 0.1) is 12.4 Å². The first-order valence-corrected chi connectivity index (χ1v) is 4.24. The van der Waals surface area contributed by atoms with Crippen molar-refractivity contribution in [2.24, 2.45) is 0 Å². The van der Waals surface area contributed by atoms with Crippen LogP contribution in [0.15, 0.2) is 6.20 Å². The zero-order valence-electron chi connectivity index (χ0n) is 7.30. The van der Waals surface area contributed by atoms with Crippen molar-refractivity contribution in [3.8, 4) is 0 Å². The lowest BCUT2D eigenvalue weighted by Crippen LogP contribution is -1.98. The molecule has 0 saturated carbocycles. The van der Waals surface area contributed by atoms with Crippen molar-refractivity contribution >= 4 is 0 Å². The van der Waals surface area contributed by atoms with Crippen molar-refractivity contribution in [3.63, 3.8) is 0 Å². The lowest BCUT2D eigenvalue weighted by Gasteiger charge is -2.01. The van der Waals surface area contributed by atoms with Crippen molar-refractivity contribution in [2.45, 2.75) is 39.7 Å². The number of nitrogens with zero attached hydrogens (tertiary/aromatic N) is 2. The molecule has 0 spiro atoms. The molecule has 0 saturated heterocycles. The first-order chi connectivity index (χ1) is 5.34. The molecule has 2 nitrogen and oxygen atoms in total. The Morgan fingerprint density at radius 1 is 1.55 bits per heavy atom. The number of aromatic nitrogens is 2. The summed E-state index contributed by atoms with van der Waals surface area (Å²) in [6, 6.07) is 0. The van der Waals surface area contributed by atoms with Crippen molar-refractivity contribution < 1.29 is 0 Å². The molecule has 1 heterocycles. The Bertz CT molecular complexity index is 203. The molecule has 0 aromatic carbocycles. The molecule has 0 N–H and O–H groups in total. The number of aryl methyl sites for hydroxylation is 2.